The van der Waals surface area contributed by atoms with Crippen LogP contribution in [0.5, 0.6) is 0 Å². The van der Waals surface area contributed by atoms with E-state index in [1.165, 1.54) is 11.8 Å². The maximum absolute atomic E-state index is 12.6. The summed E-state index contributed by atoms with van der Waals surface area (Å²) in [6.45, 7) is 6.01. The van der Waals surface area contributed by atoms with Crippen molar-refractivity contribution in [3.05, 3.63) is 59.1 Å². The zero-order valence-corrected chi connectivity index (χ0v) is 15.2. The van der Waals surface area contributed by atoms with Crippen LogP contribution in [0.1, 0.15) is 47.3 Å². The second-order valence-corrected chi connectivity index (χ2v) is 7.05. The summed E-state index contributed by atoms with van der Waals surface area (Å²) in [7, 11) is 0. The number of aryl methyl sites for hydroxylation is 1. The van der Waals surface area contributed by atoms with E-state index in [1.54, 1.807) is 6.07 Å². The number of thioether (sulfide) groups is 1. The number of carbonyl (C=O) groups is 1. The number of nitrogens with zero attached hydrogens (tertiary/aromatic N) is 2. The zero-order chi connectivity index (χ0) is 17.8. The molecule has 2 N–H and O–H groups in total. The number of hydrogen-bond donors (Lipinski definition) is 2. The van der Waals surface area contributed by atoms with Gasteiger partial charge in [-0.3, -0.25) is 9.89 Å². The Balaban J connectivity index is 1.71. The summed E-state index contributed by atoms with van der Waals surface area (Å²) in [5.74, 6) is 2.07. The van der Waals surface area contributed by atoms with Gasteiger partial charge in [-0.2, -0.15) is 5.10 Å². The summed E-state index contributed by atoms with van der Waals surface area (Å²) < 4.78 is 5.22. The Kier molecular flexibility index (Phi) is 5.23. The summed E-state index contributed by atoms with van der Waals surface area (Å²) in [4.78, 5) is 13.5. The van der Waals surface area contributed by atoms with Crippen LogP contribution in [-0.2, 0) is 5.75 Å². The number of nitrogens with one attached hydrogen (secondary N) is 2. The highest BCUT2D eigenvalue weighted by Gasteiger charge is 2.14. The second kappa shape index (κ2) is 7.57. The molecular weight excluding hydrogens is 336 g/mol. The summed E-state index contributed by atoms with van der Waals surface area (Å²) in [5, 5.41) is 13.8. The van der Waals surface area contributed by atoms with Crippen molar-refractivity contribution >= 4 is 23.5 Å². The minimum atomic E-state index is -0.182. The molecule has 0 saturated carbocycles. The van der Waals surface area contributed by atoms with Gasteiger partial charge in [-0.15, -0.1) is 11.8 Å². The predicted octanol–water partition coefficient (Wildman–Crippen LogP) is 4.37. The molecule has 0 aliphatic heterocycles. The molecule has 1 amide bonds. The summed E-state index contributed by atoms with van der Waals surface area (Å²) in [6, 6.07) is 11.2. The highest BCUT2D eigenvalue weighted by atomic mass is 32.2. The Labute approximate surface area is 150 Å². The quantitative estimate of drug-likeness (QED) is 0.641. The molecule has 0 aliphatic rings. The monoisotopic (exact) mass is 356 g/mol. The molecule has 0 fully saturated rings. The van der Waals surface area contributed by atoms with Crippen molar-refractivity contribution in [1.82, 2.24) is 15.4 Å². The van der Waals surface area contributed by atoms with Crippen LogP contribution in [0.15, 0.2) is 45.8 Å². The Morgan fingerprint density at radius 1 is 1.32 bits per heavy atom. The maximum Gasteiger partial charge on any atom is 0.257 e. The van der Waals surface area contributed by atoms with Crippen LogP contribution >= 0.6 is 11.8 Å². The first kappa shape index (κ1) is 17.3. The minimum absolute atomic E-state index is 0.182. The van der Waals surface area contributed by atoms with Gasteiger partial charge in [-0.05, 0) is 25.0 Å². The van der Waals surface area contributed by atoms with Crippen molar-refractivity contribution in [3.63, 3.8) is 0 Å². The van der Waals surface area contributed by atoms with Gasteiger partial charge in [0.15, 0.2) is 5.82 Å². The zero-order valence-electron chi connectivity index (χ0n) is 14.4. The second-order valence-electron chi connectivity index (χ2n) is 6.04. The fourth-order valence-corrected chi connectivity index (χ4v) is 3.22. The highest BCUT2D eigenvalue weighted by molar-refractivity contribution is 7.98. The van der Waals surface area contributed by atoms with Crippen LogP contribution in [0.3, 0.4) is 0 Å². The van der Waals surface area contributed by atoms with Gasteiger partial charge in [0.25, 0.3) is 5.91 Å². The van der Waals surface area contributed by atoms with Gasteiger partial charge in [0.2, 0.25) is 0 Å². The van der Waals surface area contributed by atoms with Crippen molar-refractivity contribution in [2.24, 2.45) is 0 Å². The van der Waals surface area contributed by atoms with Crippen molar-refractivity contribution in [3.8, 4) is 0 Å². The molecule has 0 saturated heterocycles. The molecular formula is C18H20N4O2S. The van der Waals surface area contributed by atoms with Crippen LogP contribution in [0.25, 0.3) is 0 Å². The molecule has 2 aromatic heterocycles. The molecule has 0 radical (unpaired) electrons. The molecule has 0 unspecified atom stereocenters. The lowest BCUT2D eigenvalue weighted by molar-refractivity contribution is 0.102. The van der Waals surface area contributed by atoms with Gasteiger partial charge in [0, 0.05) is 22.7 Å². The van der Waals surface area contributed by atoms with E-state index in [9.17, 15) is 4.79 Å². The van der Waals surface area contributed by atoms with Gasteiger partial charge in [0.05, 0.1) is 17.0 Å². The molecule has 0 spiro atoms. The molecule has 25 heavy (non-hydrogen) atoms. The van der Waals surface area contributed by atoms with Crippen LogP contribution < -0.4 is 5.32 Å². The van der Waals surface area contributed by atoms with Crippen molar-refractivity contribution in [2.45, 2.75) is 37.3 Å². The van der Waals surface area contributed by atoms with Gasteiger partial charge in [0.1, 0.15) is 5.76 Å². The number of hydrogen-bond acceptors (Lipinski definition) is 5. The maximum atomic E-state index is 12.6. The molecule has 3 aromatic rings. The summed E-state index contributed by atoms with van der Waals surface area (Å²) >= 11 is 1.54. The van der Waals surface area contributed by atoms with E-state index in [0.717, 1.165) is 22.0 Å². The number of aromatic amines is 1. The molecule has 0 bridgehead atoms. The van der Waals surface area contributed by atoms with E-state index in [2.05, 4.69) is 34.5 Å². The van der Waals surface area contributed by atoms with Crippen molar-refractivity contribution in [1.29, 1.82) is 0 Å². The molecule has 130 valence electrons. The number of benzene rings is 1. The predicted molar refractivity (Wildman–Crippen MR) is 97.9 cm³/mol. The first-order valence-corrected chi connectivity index (χ1v) is 9.02. The molecule has 0 aliphatic carbocycles. The number of rotatable bonds is 6. The topological polar surface area (TPSA) is 83.8 Å². The Morgan fingerprint density at radius 3 is 2.80 bits per heavy atom. The van der Waals surface area contributed by atoms with E-state index in [-0.39, 0.29) is 5.91 Å². The van der Waals surface area contributed by atoms with Crippen LogP contribution in [0.4, 0.5) is 5.82 Å². The first-order chi connectivity index (χ1) is 12.0. The van der Waals surface area contributed by atoms with Gasteiger partial charge >= 0.3 is 0 Å². The molecule has 3 rings (SSSR count). The summed E-state index contributed by atoms with van der Waals surface area (Å²) in [5.41, 5.74) is 2.44. The van der Waals surface area contributed by atoms with Crippen LogP contribution in [-0.4, -0.2) is 21.3 Å². The van der Waals surface area contributed by atoms with Gasteiger partial charge in [-0.1, -0.05) is 31.1 Å². The van der Waals surface area contributed by atoms with E-state index < -0.39 is 0 Å². The Morgan fingerprint density at radius 2 is 2.12 bits per heavy atom. The fourth-order valence-electron chi connectivity index (χ4n) is 2.29. The lowest BCUT2D eigenvalue weighted by atomic mass is 10.1. The number of H-pyrrole nitrogens is 1. The third kappa shape index (κ3) is 4.30. The van der Waals surface area contributed by atoms with Crippen LogP contribution in [0.2, 0.25) is 0 Å². The first-order valence-electron chi connectivity index (χ1n) is 8.03. The van der Waals surface area contributed by atoms with Crippen LogP contribution in [0, 0.1) is 6.92 Å². The average molecular weight is 356 g/mol. The number of carbonyl (C=O) groups excluding carboxylic acids is 1. The molecule has 1 aromatic carbocycles. The van der Waals surface area contributed by atoms with E-state index in [0.29, 0.717) is 23.1 Å². The van der Waals surface area contributed by atoms with Gasteiger partial charge in [-0.25, -0.2) is 0 Å². The number of anilines is 1. The third-order valence-corrected chi connectivity index (χ3v) is 4.74. The SMILES string of the molecule is Cc1cc(CSc2ccccc2C(=O)Nc2cc(C(C)C)[nH]n2)on1. The van der Waals surface area contributed by atoms with Crippen molar-refractivity contribution < 1.29 is 9.32 Å². The standard InChI is InChI=1S/C18H20N4O2S/c1-11(2)15-9-17(21-20-15)19-18(23)14-6-4-5-7-16(14)25-10-13-8-12(3)22-24-13/h4-9,11H,10H2,1-3H3,(H2,19,20,21,23). The smallest absolute Gasteiger partial charge is 0.257 e. The molecule has 2 heterocycles. The Bertz CT molecular complexity index is 869. The molecule has 6 nitrogen and oxygen atoms in total. The lowest BCUT2D eigenvalue weighted by Crippen LogP contribution is -2.13. The Hall–Kier alpha value is -2.54. The highest BCUT2D eigenvalue weighted by Crippen LogP contribution is 2.27. The number of amides is 1. The lowest BCUT2D eigenvalue weighted by Gasteiger charge is -2.07. The van der Waals surface area contributed by atoms with Gasteiger partial charge < -0.3 is 9.84 Å². The fraction of sp³-hybridized carbons (Fsp3) is 0.278. The van der Waals surface area contributed by atoms with E-state index >= 15 is 0 Å². The largest absolute Gasteiger partial charge is 0.360 e. The molecule has 0 atom stereocenters. The number of aromatic nitrogens is 3. The summed E-state index contributed by atoms with van der Waals surface area (Å²) in [6.07, 6.45) is 0. The van der Waals surface area contributed by atoms with E-state index in [1.807, 2.05) is 37.3 Å². The third-order valence-electron chi connectivity index (χ3n) is 3.64. The minimum Gasteiger partial charge on any atom is -0.360 e. The van der Waals surface area contributed by atoms with Crippen molar-refractivity contribution in [2.75, 3.05) is 5.32 Å². The molecule has 7 heteroatoms. The van der Waals surface area contributed by atoms with E-state index in [4.69, 9.17) is 4.52 Å². The average Bonchev–Trinajstić information content (AvgIpc) is 3.22. The normalized spacial score (nSPS) is 11.0.